The summed E-state index contributed by atoms with van der Waals surface area (Å²) in [6.45, 7) is 6.32. The summed E-state index contributed by atoms with van der Waals surface area (Å²) in [6, 6.07) is 13.9. The van der Waals surface area contributed by atoms with E-state index in [1.54, 1.807) is 24.3 Å². The van der Waals surface area contributed by atoms with E-state index < -0.39 is 5.97 Å². The Morgan fingerprint density at radius 1 is 0.969 bits per heavy atom. The molecular formula is C25H26N2O5. The molecule has 7 nitrogen and oxygen atoms in total. The number of imide groups is 1. The van der Waals surface area contributed by atoms with Crippen LogP contribution in [0.25, 0.3) is 5.57 Å². The Hall–Kier alpha value is -3.45. The number of hydrogen-bond acceptors (Lipinski definition) is 6. The number of nitrogens with zero attached hydrogens (tertiary/aromatic N) is 2. The lowest BCUT2D eigenvalue weighted by molar-refractivity contribution is -0.121. The third kappa shape index (κ3) is 4.16. The van der Waals surface area contributed by atoms with Crippen molar-refractivity contribution in [1.82, 2.24) is 4.90 Å². The highest BCUT2D eigenvalue weighted by Gasteiger charge is 2.42. The van der Waals surface area contributed by atoms with Crippen molar-refractivity contribution in [2.75, 3.05) is 37.8 Å². The molecule has 2 aromatic rings. The lowest BCUT2D eigenvalue weighted by Crippen LogP contribution is -2.40. The van der Waals surface area contributed by atoms with Crippen molar-refractivity contribution in [1.29, 1.82) is 0 Å². The Labute approximate surface area is 187 Å². The van der Waals surface area contributed by atoms with Crippen LogP contribution in [0.1, 0.15) is 34.8 Å². The first-order valence-electron chi connectivity index (χ1n) is 10.8. The summed E-state index contributed by atoms with van der Waals surface area (Å²) >= 11 is 0. The zero-order valence-corrected chi connectivity index (χ0v) is 18.3. The maximum Gasteiger partial charge on any atom is 0.338 e. The zero-order chi connectivity index (χ0) is 22.7. The molecule has 2 aliphatic rings. The minimum absolute atomic E-state index is 0.344. The van der Waals surface area contributed by atoms with Crippen molar-refractivity contribution in [3.05, 3.63) is 70.9 Å². The van der Waals surface area contributed by atoms with Crippen LogP contribution in [0.2, 0.25) is 0 Å². The molecule has 2 heterocycles. The molecule has 0 atom stereocenters. The molecule has 166 valence electrons. The second kappa shape index (κ2) is 9.36. The summed E-state index contributed by atoms with van der Waals surface area (Å²) in [7, 11) is 0. The number of ether oxygens (including phenoxy) is 2. The van der Waals surface area contributed by atoms with Gasteiger partial charge in [-0.3, -0.25) is 9.59 Å². The first kappa shape index (κ1) is 21.8. The Morgan fingerprint density at radius 2 is 1.62 bits per heavy atom. The van der Waals surface area contributed by atoms with E-state index in [1.165, 1.54) is 4.90 Å². The molecule has 1 saturated heterocycles. The number of amides is 2. The van der Waals surface area contributed by atoms with Gasteiger partial charge in [0.05, 0.1) is 36.6 Å². The van der Waals surface area contributed by atoms with Crippen LogP contribution >= 0.6 is 0 Å². The Kier molecular flexibility index (Phi) is 6.37. The Morgan fingerprint density at radius 3 is 2.25 bits per heavy atom. The molecule has 0 bridgehead atoms. The Bertz CT molecular complexity index is 1050. The largest absolute Gasteiger partial charge is 0.462 e. The smallest absolute Gasteiger partial charge is 0.338 e. The van der Waals surface area contributed by atoms with Gasteiger partial charge in [-0.2, -0.15) is 0 Å². The van der Waals surface area contributed by atoms with Crippen LogP contribution in [0.15, 0.2) is 54.2 Å². The van der Waals surface area contributed by atoms with Crippen LogP contribution in [0.3, 0.4) is 0 Å². The van der Waals surface area contributed by atoms with Crippen molar-refractivity contribution in [2.24, 2.45) is 0 Å². The fourth-order valence-corrected chi connectivity index (χ4v) is 3.84. The topological polar surface area (TPSA) is 76.2 Å². The summed E-state index contributed by atoms with van der Waals surface area (Å²) < 4.78 is 10.6. The second-order valence-electron chi connectivity index (χ2n) is 7.82. The van der Waals surface area contributed by atoms with E-state index in [2.05, 4.69) is 0 Å². The van der Waals surface area contributed by atoms with Gasteiger partial charge in [0.2, 0.25) is 0 Å². The van der Waals surface area contributed by atoms with Gasteiger partial charge in [-0.05, 0) is 43.2 Å². The lowest BCUT2D eigenvalue weighted by Gasteiger charge is -2.29. The molecule has 7 heteroatoms. The second-order valence-corrected chi connectivity index (χ2v) is 7.82. The normalized spacial score (nSPS) is 16.7. The molecule has 0 aromatic heterocycles. The van der Waals surface area contributed by atoms with Crippen LogP contribution in [0.4, 0.5) is 5.69 Å². The standard InChI is InChI=1S/C25H26N2O5/c1-3-14-32-25(30)19-8-10-20(11-9-19)27-23(28)21(18-6-4-17(2)5-7-18)22(24(27)29)26-12-15-31-16-13-26/h4-11H,3,12-16H2,1-2H3. The number of anilines is 1. The maximum atomic E-state index is 13.5. The molecule has 0 aliphatic carbocycles. The van der Waals surface area contributed by atoms with Gasteiger partial charge in [0.1, 0.15) is 5.70 Å². The fraction of sp³-hybridized carbons (Fsp3) is 0.320. The SMILES string of the molecule is CCCOC(=O)c1ccc(N2C(=O)C(c3ccc(C)cc3)=C(N3CCOCC3)C2=O)cc1. The van der Waals surface area contributed by atoms with E-state index >= 15 is 0 Å². The summed E-state index contributed by atoms with van der Waals surface area (Å²) in [5.74, 6) is -1.17. The highest BCUT2D eigenvalue weighted by molar-refractivity contribution is 6.45. The van der Waals surface area contributed by atoms with E-state index in [0.29, 0.717) is 61.0 Å². The van der Waals surface area contributed by atoms with E-state index in [1.807, 2.05) is 43.0 Å². The molecule has 0 unspecified atom stereocenters. The molecule has 32 heavy (non-hydrogen) atoms. The number of aryl methyl sites for hydroxylation is 1. The highest BCUT2D eigenvalue weighted by Crippen LogP contribution is 2.35. The third-order valence-corrected chi connectivity index (χ3v) is 5.53. The highest BCUT2D eigenvalue weighted by atomic mass is 16.5. The summed E-state index contributed by atoms with van der Waals surface area (Å²) in [4.78, 5) is 42.2. The van der Waals surface area contributed by atoms with Gasteiger partial charge in [-0.1, -0.05) is 36.8 Å². The maximum absolute atomic E-state index is 13.5. The van der Waals surface area contributed by atoms with Gasteiger partial charge in [0.25, 0.3) is 11.8 Å². The number of hydrogen-bond donors (Lipinski definition) is 0. The molecule has 4 rings (SSSR count). The average molecular weight is 434 g/mol. The molecule has 1 fully saturated rings. The number of rotatable bonds is 6. The van der Waals surface area contributed by atoms with Crippen LogP contribution in [-0.2, 0) is 19.1 Å². The van der Waals surface area contributed by atoms with Crippen molar-refractivity contribution >= 4 is 29.0 Å². The minimum atomic E-state index is -0.426. The Balaban J connectivity index is 1.68. The zero-order valence-electron chi connectivity index (χ0n) is 18.3. The fourth-order valence-electron chi connectivity index (χ4n) is 3.84. The predicted octanol–water partition coefficient (Wildman–Crippen LogP) is 3.18. The van der Waals surface area contributed by atoms with Gasteiger partial charge < -0.3 is 14.4 Å². The molecular weight excluding hydrogens is 408 g/mol. The summed E-state index contributed by atoms with van der Waals surface area (Å²) in [6.07, 6.45) is 0.735. The van der Waals surface area contributed by atoms with Gasteiger partial charge in [-0.25, -0.2) is 9.69 Å². The number of morpholine rings is 1. The number of benzene rings is 2. The van der Waals surface area contributed by atoms with E-state index in [4.69, 9.17) is 9.47 Å². The van der Waals surface area contributed by atoms with E-state index in [0.717, 1.165) is 12.0 Å². The summed E-state index contributed by atoms with van der Waals surface area (Å²) in [5, 5.41) is 0. The number of esters is 1. The van der Waals surface area contributed by atoms with Gasteiger partial charge in [0, 0.05) is 13.1 Å². The van der Waals surface area contributed by atoms with E-state index in [-0.39, 0.29) is 11.8 Å². The van der Waals surface area contributed by atoms with Crippen molar-refractivity contribution < 1.29 is 23.9 Å². The van der Waals surface area contributed by atoms with Crippen molar-refractivity contribution in [3.8, 4) is 0 Å². The molecule has 2 amide bonds. The molecule has 2 aliphatic heterocycles. The van der Waals surface area contributed by atoms with E-state index in [9.17, 15) is 14.4 Å². The quantitative estimate of drug-likeness (QED) is 0.514. The van der Waals surface area contributed by atoms with Gasteiger partial charge in [0.15, 0.2) is 0 Å². The summed E-state index contributed by atoms with van der Waals surface area (Å²) in [5.41, 5.74) is 3.36. The van der Waals surface area contributed by atoms with Crippen LogP contribution in [0.5, 0.6) is 0 Å². The third-order valence-electron chi connectivity index (χ3n) is 5.53. The van der Waals surface area contributed by atoms with Crippen LogP contribution in [-0.4, -0.2) is 55.6 Å². The molecule has 0 saturated carbocycles. The first-order chi connectivity index (χ1) is 15.5. The lowest BCUT2D eigenvalue weighted by atomic mass is 10.0. The van der Waals surface area contributed by atoms with Crippen molar-refractivity contribution in [3.63, 3.8) is 0 Å². The molecule has 0 radical (unpaired) electrons. The van der Waals surface area contributed by atoms with Crippen molar-refractivity contribution in [2.45, 2.75) is 20.3 Å². The first-order valence-corrected chi connectivity index (χ1v) is 10.8. The molecule has 0 N–H and O–H groups in total. The number of carbonyl (C=O) groups excluding carboxylic acids is 3. The van der Waals surface area contributed by atoms with Gasteiger partial charge in [-0.15, -0.1) is 0 Å². The average Bonchev–Trinajstić information content (AvgIpc) is 3.08. The number of carbonyl (C=O) groups is 3. The van der Waals surface area contributed by atoms with Crippen LogP contribution in [0, 0.1) is 6.92 Å². The van der Waals surface area contributed by atoms with Gasteiger partial charge >= 0.3 is 5.97 Å². The minimum Gasteiger partial charge on any atom is -0.462 e. The molecule has 2 aromatic carbocycles. The molecule has 0 spiro atoms. The van der Waals surface area contributed by atoms with Crippen LogP contribution < -0.4 is 4.90 Å². The predicted molar refractivity (Wildman–Crippen MR) is 120 cm³/mol. The monoisotopic (exact) mass is 434 g/mol.